The van der Waals surface area contributed by atoms with Gasteiger partial charge in [-0.15, -0.1) is 0 Å². The summed E-state index contributed by atoms with van der Waals surface area (Å²) in [5, 5.41) is 1.26. The number of aromatic nitrogens is 1. The topological polar surface area (TPSA) is 92.6 Å². The van der Waals surface area contributed by atoms with Gasteiger partial charge in [0.25, 0.3) is 0 Å². The highest BCUT2D eigenvalue weighted by Gasteiger charge is 2.12. The maximum absolute atomic E-state index is 6.07. The summed E-state index contributed by atoms with van der Waals surface area (Å²) in [6.07, 6.45) is 1.68. The molecular weight excluding hydrogens is 350 g/mol. The van der Waals surface area contributed by atoms with Crippen molar-refractivity contribution < 1.29 is 14.2 Å². The zero-order valence-corrected chi connectivity index (χ0v) is 15.3. The number of hydrogen-bond donors (Lipinski definition) is 2. The minimum absolute atomic E-state index is 0.458. The number of methoxy groups -OCH3 is 2. The third-order valence-electron chi connectivity index (χ3n) is 3.66. The van der Waals surface area contributed by atoms with Crippen LogP contribution in [0.25, 0.3) is 10.9 Å². The van der Waals surface area contributed by atoms with Gasteiger partial charge in [0.1, 0.15) is 11.5 Å². The van der Waals surface area contributed by atoms with Crippen molar-refractivity contribution in [1.29, 1.82) is 0 Å². The first-order valence-electron chi connectivity index (χ1n) is 7.72. The number of thioether (sulfide) groups is 1. The normalized spacial score (nSPS) is 10.5. The number of ether oxygens (including phenoxy) is 3. The first-order valence-corrected chi connectivity index (χ1v) is 8.54. The predicted molar refractivity (Wildman–Crippen MR) is 105 cm³/mol. The highest BCUT2D eigenvalue weighted by Crippen LogP contribution is 2.38. The summed E-state index contributed by atoms with van der Waals surface area (Å²) in [6, 6.07) is 10.8. The predicted octanol–water partition coefficient (Wildman–Crippen LogP) is 4.15. The standard InChI is InChI=1S/C19H19N3O3S/c1-11(20)26-19-8-12(4-5-14(19)21)25-16-6-7-22-15-10-18(24-3)17(23-2)9-13(15)16/h4-10H,1,20-21H2,2-3H3. The molecule has 0 fully saturated rings. The van der Waals surface area contributed by atoms with Gasteiger partial charge in [0.05, 0.1) is 24.8 Å². The van der Waals surface area contributed by atoms with E-state index in [4.69, 9.17) is 25.7 Å². The molecule has 3 rings (SSSR count). The van der Waals surface area contributed by atoms with Gasteiger partial charge in [0.15, 0.2) is 11.5 Å². The Morgan fingerprint density at radius 3 is 2.46 bits per heavy atom. The van der Waals surface area contributed by atoms with Crippen molar-refractivity contribution in [3.63, 3.8) is 0 Å². The number of nitrogens with zero attached hydrogens (tertiary/aromatic N) is 1. The molecule has 0 atom stereocenters. The van der Waals surface area contributed by atoms with Gasteiger partial charge in [-0.25, -0.2) is 0 Å². The monoisotopic (exact) mass is 369 g/mol. The van der Waals surface area contributed by atoms with E-state index in [2.05, 4.69) is 11.6 Å². The third-order valence-corrected chi connectivity index (χ3v) is 4.50. The number of anilines is 1. The van der Waals surface area contributed by atoms with E-state index < -0.39 is 0 Å². The summed E-state index contributed by atoms with van der Waals surface area (Å²) in [6.45, 7) is 3.69. The number of pyridine rings is 1. The molecule has 1 heterocycles. The molecule has 2 aromatic carbocycles. The van der Waals surface area contributed by atoms with E-state index in [1.54, 1.807) is 38.6 Å². The second-order valence-corrected chi connectivity index (χ2v) is 6.57. The lowest BCUT2D eigenvalue weighted by molar-refractivity contribution is 0.355. The minimum atomic E-state index is 0.458. The van der Waals surface area contributed by atoms with Crippen molar-refractivity contribution in [2.45, 2.75) is 4.90 Å². The van der Waals surface area contributed by atoms with Crippen molar-refractivity contribution in [3.05, 3.63) is 54.2 Å². The lowest BCUT2D eigenvalue weighted by Crippen LogP contribution is -1.95. The summed E-state index contributed by atoms with van der Waals surface area (Å²) < 4.78 is 16.8. The van der Waals surface area contributed by atoms with Crippen molar-refractivity contribution in [2.75, 3.05) is 20.0 Å². The molecule has 0 aliphatic rings. The number of nitrogen functional groups attached to an aromatic ring is 1. The molecular formula is C19H19N3O3S. The molecule has 0 radical (unpaired) electrons. The summed E-state index contributed by atoms with van der Waals surface area (Å²) in [7, 11) is 3.17. The molecule has 0 saturated carbocycles. The van der Waals surface area contributed by atoms with Crippen LogP contribution in [0.5, 0.6) is 23.0 Å². The summed E-state index contributed by atoms with van der Waals surface area (Å²) in [5.41, 5.74) is 13.0. The SMILES string of the molecule is C=C(N)Sc1cc(Oc2ccnc3cc(OC)c(OC)cc23)ccc1N. The molecule has 3 aromatic rings. The molecule has 0 aliphatic heterocycles. The molecule has 134 valence electrons. The van der Waals surface area contributed by atoms with E-state index in [-0.39, 0.29) is 0 Å². The van der Waals surface area contributed by atoms with Crippen molar-refractivity contribution in [2.24, 2.45) is 5.73 Å². The van der Waals surface area contributed by atoms with Crippen LogP contribution in [0.4, 0.5) is 5.69 Å². The minimum Gasteiger partial charge on any atom is -0.493 e. The first-order chi connectivity index (χ1) is 12.5. The number of fused-ring (bicyclic) bond motifs is 1. The van der Waals surface area contributed by atoms with Crippen LogP contribution in [-0.4, -0.2) is 19.2 Å². The Labute approximate surface area is 155 Å². The number of hydrogen-bond acceptors (Lipinski definition) is 7. The highest BCUT2D eigenvalue weighted by molar-refractivity contribution is 8.03. The number of rotatable bonds is 6. The molecule has 0 spiro atoms. The highest BCUT2D eigenvalue weighted by atomic mass is 32.2. The van der Waals surface area contributed by atoms with E-state index in [1.807, 2.05) is 18.2 Å². The van der Waals surface area contributed by atoms with Crippen LogP contribution < -0.4 is 25.7 Å². The zero-order valence-electron chi connectivity index (χ0n) is 14.5. The molecule has 26 heavy (non-hydrogen) atoms. The van der Waals surface area contributed by atoms with E-state index >= 15 is 0 Å². The van der Waals surface area contributed by atoms with Gasteiger partial charge < -0.3 is 25.7 Å². The van der Waals surface area contributed by atoms with Crippen molar-refractivity contribution >= 4 is 28.4 Å². The summed E-state index contributed by atoms with van der Waals surface area (Å²) >= 11 is 1.29. The van der Waals surface area contributed by atoms with Crippen LogP contribution in [0.1, 0.15) is 0 Å². The second-order valence-electron chi connectivity index (χ2n) is 5.40. The summed E-state index contributed by atoms with van der Waals surface area (Å²) in [5.74, 6) is 2.48. The van der Waals surface area contributed by atoms with Gasteiger partial charge in [-0.3, -0.25) is 4.98 Å². The largest absolute Gasteiger partial charge is 0.493 e. The first kappa shape index (κ1) is 17.8. The summed E-state index contributed by atoms with van der Waals surface area (Å²) in [4.78, 5) is 5.16. The molecule has 7 heteroatoms. The Bertz CT molecular complexity index is 976. The maximum atomic E-state index is 6.07. The lowest BCUT2D eigenvalue weighted by Gasteiger charge is -2.13. The van der Waals surface area contributed by atoms with Crippen molar-refractivity contribution in [3.8, 4) is 23.0 Å². The van der Waals surface area contributed by atoms with E-state index in [0.717, 1.165) is 15.8 Å². The van der Waals surface area contributed by atoms with Gasteiger partial charge >= 0.3 is 0 Å². The fourth-order valence-corrected chi connectivity index (χ4v) is 3.11. The zero-order chi connectivity index (χ0) is 18.7. The van der Waals surface area contributed by atoms with Crippen LogP contribution >= 0.6 is 11.8 Å². The van der Waals surface area contributed by atoms with Crippen LogP contribution in [0.2, 0.25) is 0 Å². The molecule has 0 saturated heterocycles. The van der Waals surface area contributed by atoms with E-state index in [1.165, 1.54) is 11.8 Å². The van der Waals surface area contributed by atoms with Gasteiger partial charge in [0, 0.05) is 28.2 Å². The van der Waals surface area contributed by atoms with Gasteiger partial charge in [-0.2, -0.15) is 0 Å². The molecule has 0 unspecified atom stereocenters. The van der Waals surface area contributed by atoms with E-state index in [9.17, 15) is 0 Å². The van der Waals surface area contributed by atoms with Crippen LogP contribution in [0, 0.1) is 0 Å². The Morgan fingerprint density at radius 1 is 1.04 bits per heavy atom. The number of benzene rings is 2. The van der Waals surface area contributed by atoms with Gasteiger partial charge in [-0.05, 0) is 30.3 Å². The molecule has 1 aromatic heterocycles. The van der Waals surface area contributed by atoms with Gasteiger partial charge in [-0.1, -0.05) is 18.3 Å². The molecule has 4 N–H and O–H groups in total. The molecule has 0 aliphatic carbocycles. The van der Waals surface area contributed by atoms with E-state index in [0.29, 0.717) is 33.7 Å². The Morgan fingerprint density at radius 2 is 1.77 bits per heavy atom. The van der Waals surface area contributed by atoms with Crippen LogP contribution in [0.3, 0.4) is 0 Å². The van der Waals surface area contributed by atoms with Gasteiger partial charge in [0.2, 0.25) is 0 Å². The fourth-order valence-electron chi connectivity index (χ4n) is 2.47. The van der Waals surface area contributed by atoms with Crippen LogP contribution in [-0.2, 0) is 0 Å². The molecule has 0 bridgehead atoms. The van der Waals surface area contributed by atoms with Crippen molar-refractivity contribution in [1.82, 2.24) is 4.98 Å². The Kier molecular flexibility index (Phi) is 5.09. The molecule has 0 amide bonds. The maximum Gasteiger partial charge on any atom is 0.162 e. The average molecular weight is 369 g/mol. The quantitative estimate of drug-likeness (QED) is 0.498. The second kappa shape index (κ2) is 7.45. The lowest BCUT2D eigenvalue weighted by atomic mass is 10.2. The fraction of sp³-hybridized carbons (Fsp3) is 0.105. The Hall–Kier alpha value is -3.06. The third kappa shape index (κ3) is 3.62. The van der Waals surface area contributed by atoms with Crippen LogP contribution in [0.15, 0.2) is 59.1 Å². The smallest absolute Gasteiger partial charge is 0.162 e. The number of nitrogens with two attached hydrogens (primary N) is 2. The Balaban J connectivity index is 2.02. The average Bonchev–Trinajstić information content (AvgIpc) is 2.63. The molecule has 6 nitrogen and oxygen atoms in total.